The Morgan fingerprint density at radius 3 is 2.82 bits per heavy atom. The molecule has 6 nitrogen and oxygen atoms in total. The van der Waals surface area contributed by atoms with Gasteiger partial charge in [-0.05, 0) is 18.9 Å². The molecule has 1 amide bonds. The van der Waals surface area contributed by atoms with Crippen molar-refractivity contribution in [2.45, 2.75) is 33.4 Å². The number of aromatic nitrogens is 2. The van der Waals surface area contributed by atoms with Crippen molar-refractivity contribution in [3.63, 3.8) is 0 Å². The molecule has 124 valence electrons. The van der Waals surface area contributed by atoms with Crippen molar-refractivity contribution in [2.24, 2.45) is 5.92 Å². The maximum Gasteiger partial charge on any atom is 0.244 e. The highest BCUT2D eigenvalue weighted by Gasteiger charge is 2.12. The molecule has 0 aliphatic rings. The van der Waals surface area contributed by atoms with Gasteiger partial charge in [-0.1, -0.05) is 25.4 Å². The number of carbonyl (C=O) groups is 1. The van der Waals surface area contributed by atoms with E-state index < -0.39 is 6.10 Å². The Morgan fingerprint density at radius 2 is 2.23 bits per heavy atom. The number of carbonyl (C=O) groups excluding carboxylic acids is 1. The zero-order chi connectivity index (χ0) is 16.7. The van der Waals surface area contributed by atoms with Crippen molar-refractivity contribution < 1.29 is 14.6 Å². The monoisotopic (exact) mass is 329 g/mol. The molecule has 7 heteroatoms. The van der Waals surface area contributed by atoms with E-state index in [0.29, 0.717) is 11.1 Å². The summed E-state index contributed by atoms with van der Waals surface area (Å²) in [6, 6.07) is 0. The number of aliphatic hydroxyl groups is 1. The first-order valence-electron chi connectivity index (χ1n) is 7.21. The highest BCUT2D eigenvalue weighted by Crippen LogP contribution is 2.22. The zero-order valence-corrected chi connectivity index (χ0v) is 14.2. The quantitative estimate of drug-likeness (QED) is 0.711. The Hall–Kier alpha value is -1.37. The third-order valence-electron chi connectivity index (χ3n) is 2.92. The first-order valence-corrected chi connectivity index (χ1v) is 7.58. The van der Waals surface area contributed by atoms with Crippen molar-refractivity contribution in [2.75, 3.05) is 20.3 Å². The van der Waals surface area contributed by atoms with Gasteiger partial charge < -0.3 is 15.2 Å². The minimum atomic E-state index is -0.721. The van der Waals surface area contributed by atoms with Gasteiger partial charge in [0, 0.05) is 31.8 Å². The van der Waals surface area contributed by atoms with Crippen LogP contribution in [0, 0.1) is 12.8 Å². The van der Waals surface area contributed by atoms with E-state index in [9.17, 15) is 9.90 Å². The summed E-state index contributed by atoms with van der Waals surface area (Å²) >= 11 is 6.29. The Bertz CT molecular complexity index is 526. The van der Waals surface area contributed by atoms with Crippen LogP contribution in [-0.4, -0.2) is 47.2 Å². The fourth-order valence-corrected chi connectivity index (χ4v) is 2.22. The maximum absolute atomic E-state index is 11.7. The van der Waals surface area contributed by atoms with Gasteiger partial charge in [-0.15, -0.1) is 0 Å². The number of hydrogen-bond acceptors (Lipinski definition) is 4. The molecule has 1 heterocycles. The van der Waals surface area contributed by atoms with Crippen LogP contribution in [0.4, 0.5) is 0 Å². The molecule has 1 unspecified atom stereocenters. The van der Waals surface area contributed by atoms with Gasteiger partial charge >= 0.3 is 0 Å². The van der Waals surface area contributed by atoms with Gasteiger partial charge in [0.2, 0.25) is 5.91 Å². The standard InChI is InChI=1S/C15H24ClN3O3/c1-10(2)8-19-15(16)13(11(3)18-19)5-6-14(21)17-7-12(20)9-22-4/h5-6,10,12,20H,7-9H2,1-4H3,(H,17,21)/b6-5+. The lowest BCUT2D eigenvalue weighted by atomic mass is 10.2. The predicted molar refractivity (Wildman–Crippen MR) is 86.7 cm³/mol. The lowest BCUT2D eigenvalue weighted by Crippen LogP contribution is -2.33. The third-order valence-corrected chi connectivity index (χ3v) is 3.32. The predicted octanol–water partition coefficient (Wildman–Crippen LogP) is 1.64. The molecule has 22 heavy (non-hydrogen) atoms. The summed E-state index contributed by atoms with van der Waals surface area (Å²) < 4.78 is 6.52. The number of amides is 1. The summed E-state index contributed by atoms with van der Waals surface area (Å²) in [5.41, 5.74) is 1.50. The maximum atomic E-state index is 11.7. The SMILES string of the molecule is COCC(O)CNC(=O)/C=C/c1c(C)nn(CC(C)C)c1Cl. The number of aryl methyl sites for hydroxylation is 1. The van der Waals surface area contributed by atoms with E-state index in [4.69, 9.17) is 16.3 Å². The Morgan fingerprint density at radius 1 is 1.55 bits per heavy atom. The first kappa shape index (κ1) is 18.7. The Kier molecular flexibility index (Phi) is 7.58. The van der Waals surface area contributed by atoms with Crippen LogP contribution in [0.3, 0.4) is 0 Å². The minimum Gasteiger partial charge on any atom is -0.389 e. The number of methoxy groups -OCH3 is 1. The average Bonchev–Trinajstić information content (AvgIpc) is 2.69. The smallest absolute Gasteiger partial charge is 0.244 e. The highest BCUT2D eigenvalue weighted by atomic mass is 35.5. The fraction of sp³-hybridized carbons (Fsp3) is 0.600. The summed E-state index contributed by atoms with van der Waals surface area (Å²) in [7, 11) is 1.49. The molecule has 0 radical (unpaired) electrons. The summed E-state index contributed by atoms with van der Waals surface area (Å²) in [4.78, 5) is 11.7. The highest BCUT2D eigenvalue weighted by molar-refractivity contribution is 6.31. The van der Waals surface area contributed by atoms with Gasteiger partial charge in [0.25, 0.3) is 0 Å². The van der Waals surface area contributed by atoms with E-state index in [1.165, 1.54) is 13.2 Å². The van der Waals surface area contributed by atoms with Crippen LogP contribution in [0.1, 0.15) is 25.1 Å². The molecule has 0 aromatic carbocycles. The van der Waals surface area contributed by atoms with E-state index in [-0.39, 0.29) is 19.1 Å². The minimum absolute atomic E-state index is 0.135. The second kappa shape index (κ2) is 8.92. The van der Waals surface area contributed by atoms with Crippen molar-refractivity contribution in [3.05, 3.63) is 22.5 Å². The number of halogens is 1. The number of nitrogens with zero attached hydrogens (tertiary/aromatic N) is 2. The molecular formula is C15H24ClN3O3. The number of rotatable bonds is 8. The van der Waals surface area contributed by atoms with Crippen LogP contribution < -0.4 is 5.32 Å². The molecule has 2 N–H and O–H groups in total. The average molecular weight is 330 g/mol. The van der Waals surface area contributed by atoms with Gasteiger partial charge in [0.05, 0.1) is 18.4 Å². The van der Waals surface area contributed by atoms with E-state index in [0.717, 1.165) is 17.8 Å². The molecule has 1 aromatic rings. The summed E-state index contributed by atoms with van der Waals surface area (Å²) in [6.45, 7) is 7.06. The number of hydrogen-bond donors (Lipinski definition) is 2. The lowest BCUT2D eigenvalue weighted by molar-refractivity contribution is -0.117. The molecule has 1 rings (SSSR count). The molecule has 0 spiro atoms. The van der Waals surface area contributed by atoms with Gasteiger partial charge in [0.1, 0.15) is 5.15 Å². The Labute approximate surface area is 136 Å². The molecule has 0 aliphatic carbocycles. The van der Waals surface area contributed by atoms with Crippen LogP contribution in [0.2, 0.25) is 5.15 Å². The number of ether oxygens (including phenoxy) is 1. The van der Waals surface area contributed by atoms with Crippen LogP contribution in [0.25, 0.3) is 6.08 Å². The number of nitrogens with one attached hydrogen (secondary N) is 1. The first-order chi connectivity index (χ1) is 10.3. The van der Waals surface area contributed by atoms with E-state index >= 15 is 0 Å². The molecular weight excluding hydrogens is 306 g/mol. The molecule has 1 atom stereocenters. The third kappa shape index (κ3) is 5.79. The van der Waals surface area contributed by atoms with Crippen molar-refractivity contribution >= 4 is 23.6 Å². The van der Waals surface area contributed by atoms with Crippen LogP contribution >= 0.6 is 11.6 Å². The van der Waals surface area contributed by atoms with Gasteiger partial charge in [-0.25, -0.2) is 0 Å². The fourth-order valence-electron chi connectivity index (χ4n) is 1.91. The summed E-state index contributed by atoms with van der Waals surface area (Å²) in [5, 5.41) is 16.9. The second-order valence-electron chi connectivity index (χ2n) is 5.55. The molecule has 1 aromatic heterocycles. The van der Waals surface area contributed by atoms with Crippen LogP contribution in [-0.2, 0) is 16.1 Å². The number of aliphatic hydroxyl groups excluding tert-OH is 1. The van der Waals surface area contributed by atoms with Crippen LogP contribution in [0.5, 0.6) is 0 Å². The van der Waals surface area contributed by atoms with Crippen molar-refractivity contribution in [1.82, 2.24) is 15.1 Å². The second-order valence-corrected chi connectivity index (χ2v) is 5.91. The molecule has 0 fully saturated rings. The van der Waals surface area contributed by atoms with Gasteiger partial charge in [-0.3, -0.25) is 9.48 Å². The van der Waals surface area contributed by atoms with Crippen molar-refractivity contribution in [3.8, 4) is 0 Å². The zero-order valence-electron chi connectivity index (χ0n) is 13.5. The van der Waals surface area contributed by atoms with Gasteiger partial charge in [-0.2, -0.15) is 5.10 Å². The molecule has 0 bridgehead atoms. The summed E-state index contributed by atoms with van der Waals surface area (Å²) in [6.07, 6.45) is 2.30. The van der Waals surface area contributed by atoms with Crippen molar-refractivity contribution in [1.29, 1.82) is 0 Å². The summed E-state index contributed by atoms with van der Waals surface area (Å²) in [5.74, 6) is 0.126. The van der Waals surface area contributed by atoms with E-state index in [2.05, 4.69) is 24.3 Å². The molecule has 0 saturated heterocycles. The normalized spacial score (nSPS) is 13.0. The van der Waals surface area contributed by atoms with Gasteiger partial charge in [0.15, 0.2) is 0 Å². The van der Waals surface area contributed by atoms with E-state index in [1.54, 1.807) is 10.8 Å². The lowest BCUT2D eigenvalue weighted by Gasteiger charge is -2.09. The molecule has 0 saturated carbocycles. The van der Waals surface area contributed by atoms with E-state index in [1.807, 2.05) is 6.92 Å². The largest absolute Gasteiger partial charge is 0.389 e. The topological polar surface area (TPSA) is 76.4 Å². The molecule has 0 aliphatic heterocycles. The van der Waals surface area contributed by atoms with Crippen LogP contribution in [0.15, 0.2) is 6.08 Å². The Balaban J connectivity index is 2.66.